The molecule has 1 saturated heterocycles. The van der Waals surface area contributed by atoms with E-state index in [0.717, 1.165) is 18.4 Å². The van der Waals surface area contributed by atoms with E-state index in [1.807, 2.05) is 17.0 Å². The van der Waals surface area contributed by atoms with Crippen LogP contribution in [-0.2, 0) is 17.2 Å². The molecular weight excluding hydrogens is 372 g/mol. The zero-order valence-corrected chi connectivity index (χ0v) is 16.6. The molecule has 152 valence electrons. The Morgan fingerprint density at radius 3 is 2.90 bits per heavy atom. The molecule has 0 bridgehead atoms. The van der Waals surface area contributed by atoms with Crippen molar-refractivity contribution in [3.8, 4) is 11.5 Å². The summed E-state index contributed by atoms with van der Waals surface area (Å²) in [5.74, 6) is 1.04. The minimum Gasteiger partial charge on any atom is -0.385 e. The van der Waals surface area contributed by atoms with E-state index in [9.17, 15) is 4.79 Å². The van der Waals surface area contributed by atoms with Crippen LogP contribution in [0.2, 0.25) is 0 Å². The molecule has 9 heteroatoms. The van der Waals surface area contributed by atoms with Crippen LogP contribution in [0.15, 0.2) is 41.4 Å². The van der Waals surface area contributed by atoms with E-state index >= 15 is 0 Å². The number of pyridine rings is 1. The second-order valence-electron chi connectivity index (χ2n) is 7.42. The smallest absolute Gasteiger partial charge is 0.258 e. The molecule has 1 atom stereocenters. The fourth-order valence-corrected chi connectivity index (χ4v) is 3.87. The third-order valence-electron chi connectivity index (χ3n) is 5.43. The maximum atomic E-state index is 13.0. The average Bonchev–Trinajstić information content (AvgIpc) is 3.42. The summed E-state index contributed by atoms with van der Waals surface area (Å²) in [6, 6.07) is 3.66. The Morgan fingerprint density at radius 2 is 2.17 bits per heavy atom. The van der Waals surface area contributed by atoms with Crippen LogP contribution >= 0.6 is 0 Å². The highest BCUT2D eigenvalue weighted by Crippen LogP contribution is 2.37. The number of aromatic nitrogens is 5. The number of hydrogen-bond donors (Lipinski definition) is 0. The van der Waals surface area contributed by atoms with Crippen LogP contribution < -0.4 is 0 Å². The number of methoxy groups -OCH3 is 1. The van der Waals surface area contributed by atoms with Crippen LogP contribution in [0.4, 0.5) is 0 Å². The van der Waals surface area contributed by atoms with Gasteiger partial charge in [0.15, 0.2) is 5.82 Å². The minimum absolute atomic E-state index is 0.0301. The Hall–Kier alpha value is -3.07. The third kappa shape index (κ3) is 3.91. The molecule has 0 aliphatic carbocycles. The summed E-state index contributed by atoms with van der Waals surface area (Å²) in [5.41, 5.74) is 0.987. The molecule has 9 nitrogen and oxygen atoms in total. The number of carbonyl (C=O) groups excluding carboxylic acids is 1. The van der Waals surface area contributed by atoms with Crippen molar-refractivity contribution in [3.05, 3.63) is 48.3 Å². The minimum atomic E-state index is -0.416. The second-order valence-corrected chi connectivity index (χ2v) is 7.42. The van der Waals surface area contributed by atoms with Crippen LogP contribution in [0.1, 0.15) is 35.4 Å². The molecule has 1 aliphatic rings. The number of amides is 1. The van der Waals surface area contributed by atoms with Crippen LogP contribution in [-0.4, -0.2) is 62.5 Å². The van der Waals surface area contributed by atoms with E-state index in [4.69, 9.17) is 9.26 Å². The van der Waals surface area contributed by atoms with E-state index in [-0.39, 0.29) is 5.91 Å². The lowest BCUT2D eigenvalue weighted by atomic mass is 9.76. The van der Waals surface area contributed by atoms with Gasteiger partial charge in [-0.25, -0.2) is 0 Å². The number of rotatable bonds is 6. The van der Waals surface area contributed by atoms with Crippen LogP contribution in [0.25, 0.3) is 11.5 Å². The molecule has 0 aromatic carbocycles. The molecule has 4 rings (SSSR count). The molecule has 3 aromatic rings. The molecule has 0 spiro atoms. The average molecular weight is 396 g/mol. The van der Waals surface area contributed by atoms with Gasteiger partial charge in [0.2, 0.25) is 0 Å². The Morgan fingerprint density at radius 1 is 1.34 bits per heavy atom. The Labute approximate surface area is 168 Å². The van der Waals surface area contributed by atoms with Gasteiger partial charge in [-0.3, -0.25) is 14.5 Å². The first-order valence-electron chi connectivity index (χ1n) is 9.63. The fourth-order valence-electron chi connectivity index (χ4n) is 3.87. The van der Waals surface area contributed by atoms with Crippen molar-refractivity contribution in [3.63, 3.8) is 0 Å². The van der Waals surface area contributed by atoms with Gasteiger partial charge in [0.05, 0.1) is 17.2 Å². The van der Waals surface area contributed by atoms with Crippen molar-refractivity contribution in [2.45, 2.75) is 24.7 Å². The van der Waals surface area contributed by atoms with Gasteiger partial charge >= 0.3 is 0 Å². The first-order chi connectivity index (χ1) is 14.1. The second kappa shape index (κ2) is 8.12. The quantitative estimate of drug-likeness (QED) is 0.629. The number of likely N-dealkylation sites (tertiary alicyclic amines) is 1. The first-order valence-corrected chi connectivity index (χ1v) is 9.63. The topological polar surface area (TPSA) is 99.2 Å². The normalized spacial score (nSPS) is 19.4. The summed E-state index contributed by atoms with van der Waals surface area (Å²) in [4.78, 5) is 23.6. The third-order valence-corrected chi connectivity index (χ3v) is 5.43. The number of nitrogens with zero attached hydrogens (tertiary/aromatic N) is 6. The Kier molecular flexibility index (Phi) is 5.39. The molecule has 1 unspecified atom stereocenters. The molecule has 29 heavy (non-hydrogen) atoms. The summed E-state index contributed by atoms with van der Waals surface area (Å²) in [6.07, 6.45) is 9.14. The van der Waals surface area contributed by atoms with Gasteiger partial charge in [-0.05, 0) is 31.4 Å². The number of ether oxygens (including phenoxy) is 1. The fraction of sp³-hybridized carbons (Fsp3) is 0.450. The van der Waals surface area contributed by atoms with Crippen LogP contribution in [0.3, 0.4) is 0 Å². The highest BCUT2D eigenvalue weighted by atomic mass is 16.5. The van der Waals surface area contributed by atoms with Gasteiger partial charge < -0.3 is 14.2 Å². The van der Waals surface area contributed by atoms with Gasteiger partial charge in [0, 0.05) is 58.0 Å². The summed E-state index contributed by atoms with van der Waals surface area (Å²) in [6.45, 7) is 1.75. The van der Waals surface area contributed by atoms with E-state index < -0.39 is 5.41 Å². The van der Waals surface area contributed by atoms with Crippen molar-refractivity contribution >= 4 is 5.91 Å². The van der Waals surface area contributed by atoms with Crippen LogP contribution in [0.5, 0.6) is 0 Å². The monoisotopic (exact) mass is 396 g/mol. The van der Waals surface area contributed by atoms with E-state index in [1.165, 1.54) is 0 Å². The summed E-state index contributed by atoms with van der Waals surface area (Å²) in [5, 5.41) is 8.41. The molecule has 1 aliphatic heterocycles. The van der Waals surface area contributed by atoms with Gasteiger partial charge in [-0.15, -0.1) is 0 Å². The molecule has 0 saturated carbocycles. The maximum absolute atomic E-state index is 13.0. The molecule has 0 radical (unpaired) electrons. The number of carbonyl (C=O) groups is 1. The number of hydrogen-bond acceptors (Lipinski definition) is 7. The highest BCUT2D eigenvalue weighted by Gasteiger charge is 2.42. The zero-order valence-electron chi connectivity index (χ0n) is 16.6. The van der Waals surface area contributed by atoms with Gasteiger partial charge in [0.1, 0.15) is 0 Å². The van der Waals surface area contributed by atoms with Crippen molar-refractivity contribution in [2.24, 2.45) is 7.05 Å². The standard InChI is InChI=1S/C20H24N6O3/c1-25-13-16(12-22-25)18(27)26-10-3-6-20(14-26,7-11-28-2)19-23-17(29-24-19)15-4-8-21-9-5-15/h4-5,8-9,12-13H,3,6-7,10-11,14H2,1-2H3. The predicted molar refractivity (Wildman–Crippen MR) is 104 cm³/mol. The van der Waals surface area contributed by atoms with E-state index in [0.29, 0.717) is 43.4 Å². The SMILES string of the molecule is COCCC1(c2noc(-c3ccncc3)n2)CCCN(C(=O)c2cnn(C)c2)C1. The van der Waals surface area contributed by atoms with Gasteiger partial charge in [0.25, 0.3) is 11.8 Å². The van der Waals surface area contributed by atoms with Gasteiger partial charge in [-0.1, -0.05) is 5.16 Å². The molecular formula is C20H24N6O3. The van der Waals surface area contributed by atoms with Crippen molar-refractivity contribution < 1.29 is 14.1 Å². The Bertz CT molecular complexity index is 970. The lowest BCUT2D eigenvalue weighted by molar-refractivity contribution is 0.0567. The van der Waals surface area contributed by atoms with Crippen molar-refractivity contribution in [2.75, 3.05) is 26.8 Å². The molecule has 1 amide bonds. The van der Waals surface area contributed by atoms with Crippen molar-refractivity contribution in [1.82, 2.24) is 29.8 Å². The van der Waals surface area contributed by atoms with E-state index in [1.54, 1.807) is 43.6 Å². The lowest BCUT2D eigenvalue weighted by Gasteiger charge is -2.40. The number of piperidine rings is 1. The first kappa shape index (κ1) is 19.3. The van der Waals surface area contributed by atoms with Crippen molar-refractivity contribution in [1.29, 1.82) is 0 Å². The van der Waals surface area contributed by atoms with E-state index in [2.05, 4.69) is 20.2 Å². The van der Waals surface area contributed by atoms with Crippen LogP contribution in [0, 0.1) is 0 Å². The summed E-state index contributed by atoms with van der Waals surface area (Å²) in [7, 11) is 3.48. The zero-order chi connectivity index (χ0) is 20.3. The largest absolute Gasteiger partial charge is 0.385 e. The Balaban J connectivity index is 1.62. The highest BCUT2D eigenvalue weighted by molar-refractivity contribution is 5.93. The lowest BCUT2D eigenvalue weighted by Crippen LogP contribution is -2.49. The molecule has 0 N–H and O–H groups in total. The molecule has 1 fully saturated rings. The molecule has 4 heterocycles. The summed E-state index contributed by atoms with van der Waals surface area (Å²) >= 11 is 0. The predicted octanol–water partition coefficient (Wildman–Crippen LogP) is 2.08. The number of aryl methyl sites for hydroxylation is 1. The van der Waals surface area contributed by atoms with Gasteiger partial charge in [-0.2, -0.15) is 10.1 Å². The molecule has 3 aromatic heterocycles. The maximum Gasteiger partial charge on any atom is 0.258 e. The summed E-state index contributed by atoms with van der Waals surface area (Å²) < 4.78 is 12.5.